The van der Waals surface area contributed by atoms with Gasteiger partial charge in [0.1, 0.15) is 0 Å². The van der Waals surface area contributed by atoms with E-state index in [0.717, 1.165) is 17.8 Å². The fraction of sp³-hybridized carbons (Fsp3) is 0.941. The Morgan fingerprint density at radius 2 is 1.07 bits per heavy atom. The Balaban J connectivity index is 1.82. The number of hydrogen-bond donors (Lipinski definition) is 0. The molecule has 0 amide bonds. The molecule has 4 saturated carbocycles. The van der Waals surface area contributed by atoms with Crippen LogP contribution in [-0.2, 0) is 0 Å². The average molecular weight is 602 g/mol. The van der Waals surface area contributed by atoms with Crippen LogP contribution in [0.5, 0.6) is 0 Å². The molecule has 5 fully saturated rings. The Morgan fingerprint density at radius 3 is 1.43 bits per heavy atom. The number of allylic oxidation sites excluding steroid dienone is 1. The van der Waals surface area contributed by atoms with E-state index in [4.69, 9.17) is 0 Å². The molecule has 0 aromatic carbocycles. The fourth-order valence-electron chi connectivity index (χ4n) is 13.1. The molecule has 0 radical (unpaired) electrons. The smallest absolute Gasteiger partial charge is 0.188 e. The zero-order valence-electron chi connectivity index (χ0n) is 29.2. The van der Waals surface area contributed by atoms with Crippen molar-refractivity contribution in [3.8, 4) is 0 Å². The van der Waals surface area contributed by atoms with Gasteiger partial charge in [0.05, 0.1) is 0 Å². The molecule has 4 aliphatic carbocycles. The van der Waals surface area contributed by atoms with Crippen LogP contribution in [0.15, 0.2) is 11.0 Å². The summed E-state index contributed by atoms with van der Waals surface area (Å²) in [6, 6.07) is 3.65. The van der Waals surface area contributed by atoms with Crippen LogP contribution < -0.4 is 0 Å². The van der Waals surface area contributed by atoms with Gasteiger partial charge in [-0.3, -0.25) is 0 Å². The third kappa shape index (κ3) is 4.21. The highest BCUT2D eigenvalue weighted by molar-refractivity contribution is 7.18. The molecular formula is C34H67N3Si3. The van der Waals surface area contributed by atoms with E-state index in [1.807, 2.05) is 5.32 Å². The maximum Gasteiger partial charge on any atom is 0.188 e. The van der Waals surface area contributed by atoms with Crippen molar-refractivity contribution in [3.05, 3.63) is 11.0 Å². The van der Waals surface area contributed by atoms with Gasteiger partial charge >= 0.3 is 0 Å². The van der Waals surface area contributed by atoms with Gasteiger partial charge in [-0.1, -0.05) is 39.3 Å². The molecular weight excluding hydrogens is 535 g/mol. The summed E-state index contributed by atoms with van der Waals surface area (Å²) in [5.41, 5.74) is 2.29. The lowest BCUT2D eigenvalue weighted by Crippen LogP contribution is -2.81. The third-order valence-corrected chi connectivity index (χ3v) is 35.5. The predicted molar refractivity (Wildman–Crippen MR) is 183 cm³/mol. The number of nitrogens with zero attached hydrogens (tertiary/aromatic N) is 3. The summed E-state index contributed by atoms with van der Waals surface area (Å²) in [7, 11) is -5.15. The standard InChI is InChI=1S/C34H67N3Si3/c1-24(2)36(25(3)4)31-23-40(32(31)37(26(5)6)27(7)8)34(38(9,10)11,39(12,13)14)15-16-35(40)33-20-28-17-29(21-33)19-30(18-28)22-33/h24-30H,15-23H2,1-14H3. The van der Waals surface area contributed by atoms with Crippen LogP contribution in [0.1, 0.15) is 100 Å². The van der Waals surface area contributed by atoms with E-state index in [-0.39, 0.29) is 0 Å². The topological polar surface area (TPSA) is 9.72 Å². The molecule has 1 spiro atoms. The van der Waals surface area contributed by atoms with Gasteiger partial charge in [-0.25, -0.2) is 0 Å². The van der Waals surface area contributed by atoms with Gasteiger partial charge in [0, 0.05) is 62.9 Å². The first-order valence-electron chi connectivity index (χ1n) is 17.4. The van der Waals surface area contributed by atoms with Crippen molar-refractivity contribution in [2.75, 3.05) is 6.54 Å². The Bertz CT molecular complexity index is 936. The molecule has 0 N–H and O–H groups in total. The first kappa shape index (κ1) is 31.4. The van der Waals surface area contributed by atoms with E-state index < -0.39 is 24.4 Å². The summed E-state index contributed by atoms with van der Waals surface area (Å²) < 4.78 is 4.10. The molecule has 0 aromatic rings. The summed E-state index contributed by atoms with van der Waals surface area (Å²) in [5.74, 6) is 3.06. The number of hydrogen-bond acceptors (Lipinski definition) is 3. The summed E-state index contributed by atoms with van der Waals surface area (Å²) in [5, 5.41) is 1.94. The molecule has 40 heavy (non-hydrogen) atoms. The van der Waals surface area contributed by atoms with E-state index in [1.165, 1.54) is 38.3 Å². The van der Waals surface area contributed by atoms with E-state index in [2.05, 4.69) is 109 Å². The van der Waals surface area contributed by atoms with Crippen molar-refractivity contribution in [2.24, 2.45) is 17.8 Å². The highest BCUT2D eigenvalue weighted by Gasteiger charge is 2.79. The van der Waals surface area contributed by atoms with Crippen LogP contribution in [0.25, 0.3) is 0 Å². The first-order chi connectivity index (χ1) is 18.3. The summed E-state index contributed by atoms with van der Waals surface area (Å²) in [6.07, 6.45) is 10.8. The van der Waals surface area contributed by atoms with E-state index in [0.29, 0.717) is 34.0 Å². The normalized spacial score (nSPS) is 35.7. The van der Waals surface area contributed by atoms with Crippen LogP contribution in [0.4, 0.5) is 0 Å². The predicted octanol–water partition coefficient (Wildman–Crippen LogP) is 9.10. The van der Waals surface area contributed by atoms with Gasteiger partial charge in [0.25, 0.3) is 0 Å². The van der Waals surface area contributed by atoms with Crippen molar-refractivity contribution in [1.29, 1.82) is 0 Å². The summed E-state index contributed by atoms with van der Waals surface area (Å²) >= 11 is 0. The second-order valence-corrected chi connectivity index (χ2v) is 34.6. The SMILES string of the molecule is CC(C)N(C1=C(N(C(C)C)C(C)C)[Si]2(C1)N(C13CC4CC(CC(C4)C1)C3)CCC2([Si](C)(C)C)[Si](C)(C)C)C(C)C. The third-order valence-electron chi connectivity index (χ3n) is 12.9. The second kappa shape index (κ2) is 9.99. The quantitative estimate of drug-likeness (QED) is 0.244. The number of rotatable bonds is 9. The van der Waals surface area contributed by atoms with Crippen LogP contribution in [0, 0.1) is 17.8 Å². The van der Waals surface area contributed by atoms with Crippen molar-refractivity contribution in [1.82, 2.24) is 14.4 Å². The minimum Gasteiger partial charge on any atom is -0.371 e. The van der Waals surface area contributed by atoms with Gasteiger partial charge in [-0.15, -0.1) is 0 Å². The van der Waals surface area contributed by atoms with Crippen molar-refractivity contribution in [2.45, 2.75) is 180 Å². The minimum atomic E-state index is -2.06. The Labute approximate surface area is 253 Å². The Morgan fingerprint density at radius 1 is 0.675 bits per heavy atom. The van der Waals surface area contributed by atoms with Crippen molar-refractivity contribution < 1.29 is 0 Å². The molecule has 1 saturated heterocycles. The van der Waals surface area contributed by atoms with Crippen molar-refractivity contribution in [3.63, 3.8) is 0 Å². The van der Waals surface area contributed by atoms with E-state index in [1.54, 1.807) is 25.0 Å². The molecule has 2 aliphatic heterocycles. The molecule has 1 unspecified atom stereocenters. The van der Waals surface area contributed by atoms with Crippen LogP contribution in [0.2, 0.25) is 49.6 Å². The highest BCUT2D eigenvalue weighted by atomic mass is 28.5. The maximum atomic E-state index is 3.50. The van der Waals surface area contributed by atoms with Crippen LogP contribution in [-0.4, -0.2) is 75.0 Å². The highest BCUT2D eigenvalue weighted by Crippen LogP contribution is 2.73. The van der Waals surface area contributed by atoms with Crippen molar-refractivity contribution >= 4 is 24.4 Å². The zero-order chi connectivity index (χ0) is 29.8. The Hall–Kier alpha value is -0.0494. The van der Waals surface area contributed by atoms with Gasteiger partial charge in [-0.05, 0) is 129 Å². The van der Waals surface area contributed by atoms with E-state index >= 15 is 0 Å². The lowest BCUT2D eigenvalue weighted by molar-refractivity contribution is -0.0591. The molecule has 3 nitrogen and oxygen atoms in total. The maximum absolute atomic E-state index is 3.50. The Kier molecular flexibility index (Phi) is 7.83. The monoisotopic (exact) mass is 601 g/mol. The second-order valence-electron chi connectivity index (χ2n) is 18.5. The zero-order valence-corrected chi connectivity index (χ0v) is 32.2. The van der Waals surface area contributed by atoms with Crippen LogP contribution in [0.3, 0.4) is 0 Å². The molecule has 2 heterocycles. The summed E-state index contributed by atoms with van der Waals surface area (Å²) in [4.78, 5) is 5.89. The lowest BCUT2D eigenvalue weighted by atomic mass is 9.53. The summed E-state index contributed by atoms with van der Waals surface area (Å²) in [6.45, 7) is 38.2. The molecule has 230 valence electrons. The van der Waals surface area contributed by atoms with Gasteiger partial charge in [0.15, 0.2) is 8.24 Å². The molecule has 4 bridgehead atoms. The molecule has 6 rings (SSSR count). The fourth-order valence-corrected chi connectivity index (χ4v) is 41.8. The molecule has 6 heteroatoms. The minimum absolute atomic E-state index is 0.513. The van der Waals surface area contributed by atoms with Gasteiger partial charge in [0.2, 0.25) is 0 Å². The van der Waals surface area contributed by atoms with E-state index in [9.17, 15) is 0 Å². The first-order valence-corrected chi connectivity index (χ1v) is 26.6. The molecule has 0 aromatic heterocycles. The molecule has 6 aliphatic rings. The lowest BCUT2D eigenvalue weighted by Gasteiger charge is -2.71. The molecule has 1 atom stereocenters. The van der Waals surface area contributed by atoms with Crippen LogP contribution >= 0.6 is 0 Å². The largest absolute Gasteiger partial charge is 0.371 e. The van der Waals surface area contributed by atoms with Gasteiger partial charge < -0.3 is 14.4 Å². The van der Waals surface area contributed by atoms with Gasteiger partial charge in [-0.2, -0.15) is 0 Å². The average Bonchev–Trinajstić information content (AvgIpc) is 3.15.